The summed E-state index contributed by atoms with van der Waals surface area (Å²) in [6.07, 6.45) is 6.07. The Morgan fingerprint density at radius 1 is 1.26 bits per heavy atom. The standard InChI is InChI=1S/C19H25FN2O4S/c1-26-18-7-5-14(11-15(18)20)6-8-19(23)21-16-12-27(24,25)13-17(16)22-9-3-2-4-10-22/h5-8,11,16-17H,2-4,9-10,12-13H2,1H3,(H,21,23)/b8-6+. The Morgan fingerprint density at radius 3 is 2.67 bits per heavy atom. The van der Waals surface area contributed by atoms with E-state index >= 15 is 0 Å². The zero-order chi connectivity index (χ0) is 19.4. The van der Waals surface area contributed by atoms with Gasteiger partial charge in [0.1, 0.15) is 0 Å². The molecule has 6 nitrogen and oxygen atoms in total. The van der Waals surface area contributed by atoms with Gasteiger partial charge in [0, 0.05) is 12.1 Å². The van der Waals surface area contributed by atoms with Crippen LogP contribution in [0.1, 0.15) is 24.8 Å². The van der Waals surface area contributed by atoms with E-state index in [9.17, 15) is 17.6 Å². The Morgan fingerprint density at radius 2 is 2.00 bits per heavy atom. The number of amides is 1. The lowest BCUT2D eigenvalue weighted by Crippen LogP contribution is -2.52. The van der Waals surface area contributed by atoms with Crippen molar-refractivity contribution in [1.29, 1.82) is 0 Å². The number of piperidine rings is 1. The lowest BCUT2D eigenvalue weighted by molar-refractivity contribution is -0.117. The first-order chi connectivity index (χ1) is 12.9. The van der Waals surface area contributed by atoms with Crippen LogP contribution in [0.15, 0.2) is 24.3 Å². The second kappa shape index (κ2) is 8.39. The molecular formula is C19H25FN2O4S. The first-order valence-electron chi connectivity index (χ1n) is 9.14. The molecule has 148 valence electrons. The number of likely N-dealkylation sites (tertiary alicyclic amines) is 1. The highest BCUT2D eigenvalue weighted by Crippen LogP contribution is 2.22. The molecule has 27 heavy (non-hydrogen) atoms. The van der Waals surface area contributed by atoms with E-state index in [4.69, 9.17) is 4.74 Å². The molecule has 2 atom stereocenters. The molecule has 0 saturated carbocycles. The number of benzene rings is 1. The van der Waals surface area contributed by atoms with Gasteiger partial charge in [0.05, 0.1) is 24.7 Å². The summed E-state index contributed by atoms with van der Waals surface area (Å²) in [6, 6.07) is 3.81. The number of nitrogens with one attached hydrogen (secondary N) is 1. The van der Waals surface area contributed by atoms with Gasteiger partial charge in [-0.2, -0.15) is 0 Å². The fraction of sp³-hybridized carbons (Fsp3) is 0.526. The van der Waals surface area contributed by atoms with Crippen LogP contribution in [-0.2, 0) is 14.6 Å². The van der Waals surface area contributed by atoms with Gasteiger partial charge >= 0.3 is 0 Å². The zero-order valence-corrected chi connectivity index (χ0v) is 16.2. The predicted octanol–water partition coefficient (Wildman–Crippen LogP) is 1.62. The summed E-state index contributed by atoms with van der Waals surface area (Å²) in [5, 5.41) is 2.82. The van der Waals surface area contributed by atoms with Crippen molar-refractivity contribution in [1.82, 2.24) is 10.2 Å². The third-order valence-electron chi connectivity index (χ3n) is 5.11. The maximum absolute atomic E-state index is 13.7. The average molecular weight is 396 g/mol. The lowest BCUT2D eigenvalue weighted by Gasteiger charge is -2.34. The molecule has 2 saturated heterocycles. The van der Waals surface area contributed by atoms with Crippen LogP contribution in [0.2, 0.25) is 0 Å². The molecule has 2 unspecified atom stereocenters. The summed E-state index contributed by atoms with van der Waals surface area (Å²) < 4.78 is 42.8. The summed E-state index contributed by atoms with van der Waals surface area (Å²) in [7, 11) is -1.78. The molecular weight excluding hydrogens is 371 g/mol. The smallest absolute Gasteiger partial charge is 0.244 e. The molecule has 1 amide bonds. The van der Waals surface area contributed by atoms with Crippen molar-refractivity contribution in [3.05, 3.63) is 35.7 Å². The first-order valence-corrected chi connectivity index (χ1v) is 11.0. The predicted molar refractivity (Wildman–Crippen MR) is 102 cm³/mol. The highest BCUT2D eigenvalue weighted by atomic mass is 32.2. The molecule has 2 heterocycles. The Labute approximate surface area is 159 Å². The van der Waals surface area contributed by atoms with Gasteiger partial charge in [0.15, 0.2) is 21.4 Å². The van der Waals surface area contributed by atoms with E-state index in [1.165, 1.54) is 31.4 Å². The fourth-order valence-electron chi connectivity index (χ4n) is 3.77. The van der Waals surface area contributed by atoms with E-state index in [0.717, 1.165) is 32.4 Å². The topological polar surface area (TPSA) is 75.7 Å². The zero-order valence-electron chi connectivity index (χ0n) is 15.4. The number of ether oxygens (including phenoxy) is 1. The summed E-state index contributed by atoms with van der Waals surface area (Å²) in [5.41, 5.74) is 0.523. The van der Waals surface area contributed by atoms with Crippen LogP contribution in [0.25, 0.3) is 6.08 Å². The molecule has 3 rings (SSSR count). The number of methoxy groups -OCH3 is 1. The Bertz CT molecular complexity index is 819. The van der Waals surface area contributed by atoms with Crippen molar-refractivity contribution in [3.63, 3.8) is 0 Å². The number of carbonyl (C=O) groups excluding carboxylic acids is 1. The molecule has 2 aliphatic heterocycles. The van der Waals surface area contributed by atoms with Gasteiger partial charge in [-0.1, -0.05) is 12.5 Å². The SMILES string of the molecule is COc1ccc(/C=C/C(=O)NC2CS(=O)(=O)CC2N2CCCCC2)cc1F. The normalized spacial score (nSPS) is 25.6. The molecule has 0 radical (unpaired) electrons. The van der Waals surface area contributed by atoms with Gasteiger partial charge < -0.3 is 10.1 Å². The van der Waals surface area contributed by atoms with Crippen molar-refractivity contribution in [2.45, 2.75) is 31.3 Å². The number of sulfone groups is 1. The van der Waals surface area contributed by atoms with Gasteiger partial charge in [0.25, 0.3) is 0 Å². The Balaban J connectivity index is 1.65. The summed E-state index contributed by atoms with van der Waals surface area (Å²) in [5.74, 6) is -0.699. The average Bonchev–Trinajstić information content (AvgIpc) is 2.95. The van der Waals surface area contributed by atoms with Gasteiger partial charge in [-0.05, 0) is 49.7 Å². The number of hydrogen-bond donors (Lipinski definition) is 1. The second-order valence-electron chi connectivity index (χ2n) is 7.08. The molecule has 0 bridgehead atoms. The van der Waals surface area contributed by atoms with E-state index in [2.05, 4.69) is 10.2 Å². The molecule has 2 fully saturated rings. The third kappa shape index (κ3) is 5.07. The third-order valence-corrected chi connectivity index (χ3v) is 6.83. The second-order valence-corrected chi connectivity index (χ2v) is 9.24. The van der Waals surface area contributed by atoms with Gasteiger partial charge in [-0.15, -0.1) is 0 Å². The van der Waals surface area contributed by atoms with Crippen molar-refractivity contribution >= 4 is 21.8 Å². The van der Waals surface area contributed by atoms with Crippen LogP contribution in [0.5, 0.6) is 5.75 Å². The van der Waals surface area contributed by atoms with Gasteiger partial charge in [-0.25, -0.2) is 12.8 Å². The van der Waals surface area contributed by atoms with Crippen LogP contribution in [0.3, 0.4) is 0 Å². The maximum atomic E-state index is 13.7. The molecule has 0 aromatic heterocycles. The molecule has 8 heteroatoms. The summed E-state index contributed by atoms with van der Waals surface area (Å²) in [4.78, 5) is 14.5. The van der Waals surface area contributed by atoms with Crippen molar-refractivity contribution in [3.8, 4) is 5.75 Å². The summed E-state index contributed by atoms with van der Waals surface area (Å²) >= 11 is 0. The monoisotopic (exact) mass is 396 g/mol. The minimum Gasteiger partial charge on any atom is -0.494 e. The van der Waals surface area contributed by atoms with Crippen molar-refractivity contribution in [2.24, 2.45) is 0 Å². The number of carbonyl (C=O) groups is 1. The highest BCUT2D eigenvalue weighted by molar-refractivity contribution is 7.91. The molecule has 1 aromatic rings. The largest absolute Gasteiger partial charge is 0.494 e. The number of hydrogen-bond acceptors (Lipinski definition) is 5. The minimum atomic E-state index is -3.16. The molecule has 0 spiro atoms. The van der Waals surface area contributed by atoms with Crippen LogP contribution in [0.4, 0.5) is 4.39 Å². The lowest BCUT2D eigenvalue weighted by atomic mass is 10.0. The number of halogens is 1. The van der Waals surface area contributed by atoms with Crippen LogP contribution < -0.4 is 10.1 Å². The van der Waals surface area contributed by atoms with E-state index in [1.54, 1.807) is 6.07 Å². The fourth-order valence-corrected chi connectivity index (χ4v) is 5.72. The van der Waals surface area contributed by atoms with Crippen molar-refractivity contribution in [2.75, 3.05) is 31.7 Å². The van der Waals surface area contributed by atoms with E-state index in [0.29, 0.717) is 5.56 Å². The maximum Gasteiger partial charge on any atom is 0.244 e. The van der Waals surface area contributed by atoms with Crippen LogP contribution >= 0.6 is 0 Å². The first kappa shape index (κ1) is 19.8. The highest BCUT2D eigenvalue weighted by Gasteiger charge is 2.41. The Kier molecular flexibility index (Phi) is 6.16. The molecule has 1 aromatic carbocycles. The quantitative estimate of drug-likeness (QED) is 0.766. The van der Waals surface area contributed by atoms with Gasteiger partial charge in [0.2, 0.25) is 5.91 Å². The van der Waals surface area contributed by atoms with Gasteiger partial charge in [-0.3, -0.25) is 9.69 Å². The molecule has 1 N–H and O–H groups in total. The van der Waals surface area contributed by atoms with E-state index in [-0.39, 0.29) is 29.2 Å². The van der Waals surface area contributed by atoms with E-state index in [1.807, 2.05) is 0 Å². The molecule has 2 aliphatic rings. The minimum absolute atomic E-state index is 0.0368. The van der Waals surface area contributed by atoms with Crippen LogP contribution in [-0.4, -0.2) is 63.0 Å². The van der Waals surface area contributed by atoms with Crippen LogP contribution in [0, 0.1) is 5.82 Å². The Hall–Kier alpha value is -1.93. The number of nitrogens with zero attached hydrogens (tertiary/aromatic N) is 1. The van der Waals surface area contributed by atoms with Crippen molar-refractivity contribution < 1.29 is 22.3 Å². The summed E-state index contributed by atoms with van der Waals surface area (Å²) in [6.45, 7) is 1.74. The molecule has 0 aliphatic carbocycles. The number of rotatable bonds is 5. The van der Waals surface area contributed by atoms with E-state index < -0.39 is 21.7 Å².